The van der Waals surface area contributed by atoms with Crippen molar-refractivity contribution in [1.82, 2.24) is 5.32 Å². The second-order valence-corrected chi connectivity index (χ2v) is 6.73. The number of benzene rings is 1. The highest BCUT2D eigenvalue weighted by Gasteiger charge is 2.28. The summed E-state index contributed by atoms with van der Waals surface area (Å²) in [6, 6.07) is 4.34. The van der Waals surface area contributed by atoms with Gasteiger partial charge in [0.1, 0.15) is 12.0 Å². The first-order chi connectivity index (χ1) is 9.42. The summed E-state index contributed by atoms with van der Waals surface area (Å²) in [5, 5.41) is 12.2. The summed E-state index contributed by atoms with van der Waals surface area (Å²) >= 11 is 5.77. The van der Waals surface area contributed by atoms with Gasteiger partial charge in [-0.2, -0.15) is 0 Å². The van der Waals surface area contributed by atoms with Crippen molar-refractivity contribution in [2.24, 2.45) is 0 Å². The number of allylic oxidation sites excluding steroid dienone is 2. The van der Waals surface area contributed by atoms with Crippen LogP contribution in [0.15, 0.2) is 35.3 Å². The van der Waals surface area contributed by atoms with E-state index in [4.69, 9.17) is 11.6 Å². The molecule has 0 saturated carbocycles. The van der Waals surface area contributed by atoms with Gasteiger partial charge in [0.2, 0.25) is 0 Å². The van der Waals surface area contributed by atoms with Gasteiger partial charge in [-0.05, 0) is 17.7 Å². The quantitative estimate of drug-likeness (QED) is 0.871. The fraction of sp³-hybridized carbons (Fsp3) is 0.231. The molecule has 2 N–H and O–H groups in total. The molecule has 1 aromatic carbocycles. The van der Waals surface area contributed by atoms with Crippen molar-refractivity contribution in [2.45, 2.75) is 6.23 Å². The largest absolute Gasteiger partial charge is 0.374 e. The molecule has 4 nitrogen and oxygen atoms in total. The van der Waals surface area contributed by atoms with Gasteiger partial charge in [-0.3, -0.25) is 5.32 Å². The van der Waals surface area contributed by atoms with Crippen LogP contribution in [0.1, 0.15) is 5.56 Å². The summed E-state index contributed by atoms with van der Waals surface area (Å²) in [7, 11) is -3.46. The molecule has 1 aliphatic heterocycles. The highest BCUT2D eigenvalue weighted by molar-refractivity contribution is 7.95. The number of rotatable bonds is 2. The molecule has 0 aromatic heterocycles. The fourth-order valence-electron chi connectivity index (χ4n) is 1.81. The molecule has 108 valence electrons. The average Bonchev–Trinajstić information content (AvgIpc) is 2.37. The normalized spacial score (nSPS) is 24.4. The number of halogens is 2. The first-order valence-electron chi connectivity index (χ1n) is 5.88. The number of sulfone groups is 1. The SMILES string of the molecule is O=S1(=O)CCNC(O)/C1=C\C=C\c1cccc(F)c1Cl. The van der Waals surface area contributed by atoms with E-state index in [1.807, 2.05) is 0 Å². The van der Waals surface area contributed by atoms with Crippen LogP contribution in [0.5, 0.6) is 0 Å². The van der Waals surface area contributed by atoms with Crippen LogP contribution in [0.3, 0.4) is 0 Å². The lowest BCUT2D eigenvalue weighted by molar-refractivity contribution is 0.179. The Labute approximate surface area is 121 Å². The summed E-state index contributed by atoms with van der Waals surface area (Å²) in [6.45, 7) is 0.209. The molecule has 0 spiro atoms. The molecule has 1 fully saturated rings. The van der Waals surface area contributed by atoms with Crippen LogP contribution in [-0.4, -0.2) is 32.0 Å². The van der Waals surface area contributed by atoms with Crippen LogP contribution < -0.4 is 5.32 Å². The van der Waals surface area contributed by atoms with Crippen molar-refractivity contribution < 1.29 is 17.9 Å². The van der Waals surface area contributed by atoms with Crippen molar-refractivity contribution in [3.05, 3.63) is 51.7 Å². The van der Waals surface area contributed by atoms with Crippen LogP contribution in [0.25, 0.3) is 6.08 Å². The molecule has 0 radical (unpaired) electrons. The maximum Gasteiger partial charge on any atom is 0.179 e. The van der Waals surface area contributed by atoms with E-state index >= 15 is 0 Å². The van der Waals surface area contributed by atoms with Gasteiger partial charge in [0, 0.05) is 6.54 Å². The molecule has 1 heterocycles. The Morgan fingerprint density at radius 1 is 1.45 bits per heavy atom. The minimum atomic E-state index is -3.46. The zero-order chi connectivity index (χ0) is 14.8. The van der Waals surface area contributed by atoms with Gasteiger partial charge in [-0.25, -0.2) is 12.8 Å². The van der Waals surface area contributed by atoms with Crippen LogP contribution in [-0.2, 0) is 9.84 Å². The lowest BCUT2D eigenvalue weighted by atomic mass is 10.2. The minimum absolute atomic E-state index is 0.0349. The molecule has 1 unspecified atom stereocenters. The van der Waals surface area contributed by atoms with Gasteiger partial charge >= 0.3 is 0 Å². The predicted molar refractivity (Wildman–Crippen MR) is 76.3 cm³/mol. The first-order valence-corrected chi connectivity index (χ1v) is 7.91. The Kier molecular flexibility index (Phi) is 4.59. The van der Waals surface area contributed by atoms with Crippen molar-refractivity contribution in [3.63, 3.8) is 0 Å². The third kappa shape index (κ3) is 3.27. The summed E-state index contributed by atoms with van der Waals surface area (Å²) in [5.74, 6) is -0.613. The van der Waals surface area contributed by atoms with Gasteiger partial charge in [0.15, 0.2) is 9.84 Å². The average molecular weight is 318 g/mol. The van der Waals surface area contributed by atoms with E-state index in [2.05, 4.69) is 5.32 Å². The molecule has 2 rings (SSSR count). The van der Waals surface area contributed by atoms with Gasteiger partial charge in [-0.15, -0.1) is 0 Å². The molecule has 20 heavy (non-hydrogen) atoms. The van der Waals surface area contributed by atoms with Gasteiger partial charge in [-0.1, -0.05) is 35.9 Å². The van der Waals surface area contributed by atoms with Crippen molar-refractivity contribution in [3.8, 4) is 0 Å². The molecule has 1 aliphatic rings. The first kappa shape index (κ1) is 15.2. The zero-order valence-electron chi connectivity index (χ0n) is 10.4. The number of aliphatic hydroxyl groups excluding tert-OH is 1. The van der Waals surface area contributed by atoms with Crippen molar-refractivity contribution in [2.75, 3.05) is 12.3 Å². The molecule has 1 saturated heterocycles. The number of hydrogen-bond acceptors (Lipinski definition) is 4. The second-order valence-electron chi connectivity index (χ2n) is 4.25. The maximum absolute atomic E-state index is 13.2. The summed E-state index contributed by atoms with van der Waals surface area (Å²) in [4.78, 5) is -0.104. The molecule has 0 bridgehead atoms. The monoisotopic (exact) mass is 317 g/mol. The predicted octanol–water partition coefficient (Wildman–Crippen LogP) is 1.71. The van der Waals surface area contributed by atoms with Gasteiger partial charge < -0.3 is 5.11 Å². The van der Waals surface area contributed by atoms with E-state index in [9.17, 15) is 17.9 Å². The minimum Gasteiger partial charge on any atom is -0.374 e. The Balaban J connectivity index is 2.27. The third-order valence-electron chi connectivity index (χ3n) is 2.85. The Hall–Kier alpha value is -1.21. The van der Waals surface area contributed by atoms with E-state index in [1.54, 1.807) is 6.07 Å². The number of hydrogen-bond donors (Lipinski definition) is 2. The molecule has 0 aliphatic carbocycles. The maximum atomic E-state index is 13.2. The van der Waals surface area contributed by atoms with Gasteiger partial charge in [0.25, 0.3) is 0 Å². The smallest absolute Gasteiger partial charge is 0.179 e. The number of nitrogens with one attached hydrogen (secondary N) is 1. The van der Waals surface area contributed by atoms with Crippen molar-refractivity contribution >= 4 is 27.5 Å². The lowest BCUT2D eigenvalue weighted by Crippen LogP contribution is -2.43. The van der Waals surface area contributed by atoms with Crippen molar-refractivity contribution in [1.29, 1.82) is 0 Å². The third-order valence-corrected chi connectivity index (χ3v) is 5.07. The molecular weight excluding hydrogens is 305 g/mol. The standard InChI is InChI=1S/C13H13ClFNO3S/c14-12-9(3-1-5-10(12)15)4-2-6-11-13(17)16-7-8-20(11,18)19/h1-6,13,16-17H,7-8H2/b4-2+,11-6+. The van der Waals surface area contributed by atoms with E-state index in [0.717, 1.165) is 0 Å². The second kappa shape index (κ2) is 6.05. The summed E-state index contributed by atoms with van der Waals surface area (Å²) in [6.07, 6.45) is 2.97. The Morgan fingerprint density at radius 3 is 2.90 bits per heavy atom. The van der Waals surface area contributed by atoms with E-state index < -0.39 is 21.9 Å². The van der Waals surface area contributed by atoms with Crippen LogP contribution >= 0.6 is 11.6 Å². The molecule has 1 atom stereocenters. The molecule has 1 aromatic rings. The van der Waals surface area contributed by atoms with Crippen LogP contribution in [0.2, 0.25) is 5.02 Å². The zero-order valence-corrected chi connectivity index (χ0v) is 12.0. The highest BCUT2D eigenvalue weighted by atomic mass is 35.5. The fourth-order valence-corrected chi connectivity index (χ4v) is 3.33. The molecular formula is C13H13ClFNO3S. The molecule has 0 amide bonds. The van der Waals surface area contributed by atoms with E-state index in [-0.39, 0.29) is 22.2 Å². The van der Waals surface area contributed by atoms with Gasteiger partial charge in [0.05, 0.1) is 15.7 Å². The van der Waals surface area contributed by atoms with E-state index in [1.165, 1.54) is 30.4 Å². The van der Waals surface area contributed by atoms with Crippen LogP contribution in [0, 0.1) is 5.82 Å². The lowest BCUT2D eigenvalue weighted by Gasteiger charge is -2.21. The summed E-state index contributed by atoms with van der Waals surface area (Å²) < 4.78 is 36.8. The van der Waals surface area contributed by atoms with E-state index in [0.29, 0.717) is 5.56 Å². The Bertz CT molecular complexity index is 670. The topological polar surface area (TPSA) is 66.4 Å². The molecule has 7 heteroatoms. The summed E-state index contributed by atoms with van der Waals surface area (Å²) in [5.41, 5.74) is 0.430. The highest BCUT2D eigenvalue weighted by Crippen LogP contribution is 2.21. The van der Waals surface area contributed by atoms with Crippen LogP contribution in [0.4, 0.5) is 4.39 Å². The number of aliphatic hydroxyl groups is 1. The Morgan fingerprint density at radius 2 is 2.20 bits per heavy atom.